The zero-order chi connectivity index (χ0) is 23.7. The number of rotatable bonds is 5. The Hall–Kier alpha value is -1.97. The molecule has 186 valence electrons. The van der Waals surface area contributed by atoms with E-state index in [4.69, 9.17) is 0 Å². The molecule has 3 fully saturated rings. The van der Waals surface area contributed by atoms with Crippen LogP contribution in [0.3, 0.4) is 0 Å². The third-order valence-corrected chi connectivity index (χ3v) is 9.75. The maximum atomic E-state index is 13.3. The van der Waals surface area contributed by atoms with Crippen molar-refractivity contribution in [3.8, 4) is 0 Å². The number of sulfonamides is 1. The second-order valence-corrected chi connectivity index (χ2v) is 12.0. The van der Waals surface area contributed by atoms with E-state index in [-0.39, 0.29) is 24.4 Å². The summed E-state index contributed by atoms with van der Waals surface area (Å²) < 4.78 is 27.7. The highest BCUT2D eigenvalue weighted by atomic mass is 32.2. The lowest BCUT2D eigenvalue weighted by atomic mass is 10.0. The van der Waals surface area contributed by atoms with Crippen LogP contribution in [0.4, 0.5) is 5.69 Å². The zero-order valence-electron chi connectivity index (χ0n) is 20.0. The number of carbonyl (C=O) groups is 2. The summed E-state index contributed by atoms with van der Waals surface area (Å²) in [5, 5.41) is 0. The first-order chi connectivity index (χ1) is 16.4. The van der Waals surface area contributed by atoms with E-state index in [0.29, 0.717) is 31.0 Å². The molecule has 34 heavy (non-hydrogen) atoms. The number of benzene rings is 1. The molecule has 0 spiro atoms. The highest BCUT2D eigenvalue weighted by molar-refractivity contribution is 7.89. The molecule has 4 aliphatic rings. The van der Waals surface area contributed by atoms with E-state index < -0.39 is 10.0 Å². The van der Waals surface area contributed by atoms with E-state index in [1.165, 1.54) is 0 Å². The molecule has 0 bridgehead atoms. The van der Waals surface area contributed by atoms with Gasteiger partial charge in [0.15, 0.2) is 0 Å². The van der Waals surface area contributed by atoms with E-state index in [2.05, 4.69) is 4.90 Å². The minimum absolute atomic E-state index is 0.00786. The number of amides is 2. The number of nitrogens with zero attached hydrogens (tertiary/aromatic N) is 4. The molecular weight excluding hydrogens is 452 g/mol. The summed E-state index contributed by atoms with van der Waals surface area (Å²) in [5.74, 6) is 0.172. The molecule has 1 aromatic carbocycles. The van der Waals surface area contributed by atoms with Gasteiger partial charge >= 0.3 is 0 Å². The molecule has 4 heterocycles. The summed E-state index contributed by atoms with van der Waals surface area (Å²) in [6.45, 7) is 4.38. The number of carbonyl (C=O) groups excluding carboxylic acids is 2. The van der Waals surface area contributed by atoms with Crippen LogP contribution in [0.5, 0.6) is 0 Å². The molecule has 8 nitrogen and oxygen atoms in total. The topological polar surface area (TPSA) is 81.2 Å². The lowest BCUT2D eigenvalue weighted by molar-refractivity contribution is -0.138. The molecule has 9 heteroatoms. The van der Waals surface area contributed by atoms with Gasteiger partial charge in [0, 0.05) is 38.4 Å². The van der Waals surface area contributed by atoms with Gasteiger partial charge in [-0.05, 0) is 75.3 Å². The van der Waals surface area contributed by atoms with Gasteiger partial charge in [-0.1, -0.05) is 12.8 Å². The molecule has 1 unspecified atom stereocenters. The van der Waals surface area contributed by atoms with E-state index in [0.717, 1.165) is 82.3 Å². The fourth-order valence-electron chi connectivity index (χ4n) is 5.92. The first-order valence-electron chi connectivity index (χ1n) is 12.9. The number of piperidine rings is 2. The van der Waals surface area contributed by atoms with Crippen molar-refractivity contribution in [2.45, 2.75) is 68.7 Å². The van der Waals surface area contributed by atoms with Crippen molar-refractivity contribution in [2.75, 3.05) is 50.7 Å². The van der Waals surface area contributed by atoms with E-state index >= 15 is 0 Å². The van der Waals surface area contributed by atoms with Gasteiger partial charge in [-0.25, -0.2) is 8.42 Å². The molecule has 0 saturated carbocycles. The van der Waals surface area contributed by atoms with Crippen LogP contribution in [0.25, 0.3) is 0 Å². The van der Waals surface area contributed by atoms with Crippen molar-refractivity contribution < 1.29 is 18.0 Å². The summed E-state index contributed by atoms with van der Waals surface area (Å²) in [6, 6.07) is 5.00. The molecule has 0 N–H and O–H groups in total. The third kappa shape index (κ3) is 4.62. The van der Waals surface area contributed by atoms with Gasteiger partial charge in [-0.3, -0.25) is 14.5 Å². The predicted octanol–water partition coefficient (Wildman–Crippen LogP) is 2.23. The van der Waals surface area contributed by atoms with Crippen LogP contribution in [0.15, 0.2) is 23.1 Å². The summed E-state index contributed by atoms with van der Waals surface area (Å²) in [7, 11) is -3.49. The summed E-state index contributed by atoms with van der Waals surface area (Å²) in [4.78, 5) is 32.5. The van der Waals surface area contributed by atoms with Crippen LogP contribution >= 0.6 is 0 Å². The van der Waals surface area contributed by atoms with Crippen molar-refractivity contribution in [1.29, 1.82) is 0 Å². The average Bonchev–Trinajstić information content (AvgIpc) is 3.54. The second-order valence-electron chi connectivity index (χ2n) is 10.1. The van der Waals surface area contributed by atoms with Crippen LogP contribution in [0.1, 0.15) is 56.9 Å². The fourth-order valence-corrected chi connectivity index (χ4v) is 7.49. The van der Waals surface area contributed by atoms with Crippen molar-refractivity contribution in [1.82, 2.24) is 14.1 Å². The molecule has 0 aliphatic carbocycles. The summed E-state index contributed by atoms with van der Waals surface area (Å²) >= 11 is 0. The Balaban J connectivity index is 1.28. The number of likely N-dealkylation sites (tertiary alicyclic amines) is 2. The second kappa shape index (κ2) is 9.95. The number of anilines is 1. The van der Waals surface area contributed by atoms with Gasteiger partial charge in [-0.2, -0.15) is 4.31 Å². The van der Waals surface area contributed by atoms with Gasteiger partial charge in [0.1, 0.15) is 0 Å². The molecule has 0 radical (unpaired) electrons. The maximum Gasteiger partial charge on any atom is 0.243 e. The molecule has 5 rings (SSSR count). The van der Waals surface area contributed by atoms with E-state index in [9.17, 15) is 18.0 Å². The Morgan fingerprint density at radius 2 is 1.56 bits per heavy atom. The Morgan fingerprint density at radius 3 is 2.32 bits per heavy atom. The minimum atomic E-state index is -3.49. The smallest absolute Gasteiger partial charge is 0.243 e. The summed E-state index contributed by atoms with van der Waals surface area (Å²) in [6.07, 6.45) is 8.52. The molecular formula is C25H36N4O4S. The van der Waals surface area contributed by atoms with Gasteiger partial charge in [0.25, 0.3) is 0 Å². The van der Waals surface area contributed by atoms with Gasteiger partial charge in [0.2, 0.25) is 21.8 Å². The SMILES string of the molecule is O=C(C1CCCCN1CC(=O)N1CCc2cc(S(=O)(=O)N3CCCCC3)ccc21)N1CCCC1. The van der Waals surface area contributed by atoms with Gasteiger partial charge in [-0.15, -0.1) is 0 Å². The zero-order valence-corrected chi connectivity index (χ0v) is 20.8. The highest BCUT2D eigenvalue weighted by Crippen LogP contribution is 2.32. The highest BCUT2D eigenvalue weighted by Gasteiger charge is 2.36. The van der Waals surface area contributed by atoms with Crippen molar-refractivity contribution in [3.05, 3.63) is 23.8 Å². The average molecular weight is 489 g/mol. The number of hydrogen-bond acceptors (Lipinski definition) is 5. The quantitative estimate of drug-likeness (QED) is 0.635. The Labute approximate surface area is 202 Å². The molecule has 1 atom stereocenters. The Morgan fingerprint density at radius 1 is 0.853 bits per heavy atom. The van der Waals surface area contributed by atoms with Crippen LogP contribution in [-0.4, -0.2) is 86.2 Å². The predicted molar refractivity (Wildman–Crippen MR) is 130 cm³/mol. The minimum Gasteiger partial charge on any atom is -0.341 e. The van der Waals surface area contributed by atoms with Gasteiger partial charge in [0.05, 0.1) is 17.5 Å². The monoisotopic (exact) mass is 488 g/mol. The third-order valence-electron chi connectivity index (χ3n) is 7.86. The Bertz CT molecular complexity index is 1030. The van der Waals surface area contributed by atoms with E-state index in [1.54, 1.807) is 27.4 Å². The molecule has 0 aromatic heterocycles. The lowest BCUT2D eigenvalue weighted by Gasteiger charge is -2.37. The molecule has 3 saturated heterocycles. The first-order valence-corrected chi connectivity index (χ1v) is 14.4. The van der Waals surface area contributed by atoms with Crippen LogP contribution in [0, 0.1) is 0 Å². The van der Waals surface area contributed by atoms with Crippen LogP contribution in [0.2, 0.25) is 0 Å². The molecule has 1 aromatic rings. The fraction of sp³-hybridized carbons (Fsp3) is 0.680. The first kappa shape index (κ1) is 23.8. The normalized spacial score (nSPS) is 24.4. The van der Waals surface area contributed by atoms with Gasteiger partial charge < -0.3 is 9.80 Å². The van der Waals surface area contributed by atoms with Crippen molar-refractivity contribution in [2.24, 2.45) is 0 Å². The van der Waals surface area contributed by atoms with Crippen molar-refractivity contribution >= 4 is 27.5 Å². The summed E-state index contributed by atoms with van der Waals surface area (Å²) in [5.41, 5.74) is 1.72. The van der Waals surface area contributed by atoms with Crippen molar-refractivity contribution in [3.63, 3.8) is 0 Å². The molecule has 4 aliphatic heterocycles. The number of hydrogen-bond donors (Lipinski definition) is 0. The standard InChI is InChI=1S/C25H36N4O4S/c30-24(19-27-14-5-2-8-23(27)25(31)26-12-6-7-13-26)29-17-11-20-18-21(9-10-22(20)29)34(32,33)28-15-3-1-4-16-28/h9-10,18,23H,1-8,11-17,19H2. The van der Waals surface area contributed by atoms with Crippen LogP contribution in [-0.2, 0) is 26.0 Å². The Kier molecular flexibility index (Phi) is 6.95. The van der Waals surface area contributed by atoms with Crippen LogP contribution < -0.4 is 4.90 Å². The molecule has 2 amide bonds. The van der Waals surface area contributed by atoms with E-state index in [1.807, 2.05) is 4.90 Å². The largest absolute Gasteiger partial charge is 0.341 e. The maximum absolute atomic E-state index is 13.3. The number of fused-ring (bicyclic) bond motifs is 1. The lowest BCUT2D eigenvalue weighted by Crippen LogP contribution is -2.53.